The smallest absolute Gasteiger partial charge is 0.257 e. The summed E-state index contributed by atoms with van der Waals surface area (Å²) in [5.74, 6) is -1.40. The molecule has 5 nitrogen and oxygen atoms in total. The predicted octanol–water partition coefficient (Wildman–Crippen LogP) is 5.21. The molecule has 1 amide bonds. The molecule has 1 aliphatic rings. The van der Waals surface area contributed by atoms with E-state index in [0.717, 1.165) is 10.9 Å². The number of benzene rings is 3. The molecule has 0 fully saturated rings. The molecule has 5 rings (SSSR count). The molecule has 2 heterocycles. The Morgan fingerprint density at radius 3 is 2.56 bits per heavy atom. The molecule has 174 valence electrons. The van der Waals surface area contributed by atoms with E-state index >= 15 is 4.39 Å². The number of rotatable bonds is 4. The van der Waals surface area contributed by atoms with Crippen molar-refractivity contribution in [2.75, 3.05) is 0 Å². The third-order valence-electron chi connectivity index (χ3n) is 6.49. The number of carbonyl (C=O) groups excluding carboxylic acids is 1. The first-order valence-electron chi connectivity index (χ1n) is 11.1. The van der Waals surface area contributed by atoms with Crippen molar-refractivity contribution < 1.29 is 18.7 Å². The summed E-state index contributed by atoms with van der Waals surface area (Å²) in [6.45, 7) is 5.53. The molecule has 1 aromatic heterocycles. The van der Waals surface area contributed by atoms with Gasteiger partial charge in [0.25, 0.3) is 5.91 Å². The molecule has 1 N–H and O–H groups in total. The maximum Gasteiger partial charge on any atom is 0.257 e. The lowest BCUT2D eigenvalue weighted by molar-refractivity contribution is 0.0760. The van der Waals surface area contributed by atoms with E-state index in [1.807, 2.05) is 31.3 Å². The molecule has 0 unspecified atom stereocenters. The summed E-state index contributed by atoms with van der Waals surface area (Å²) in [5.41, 5.74) is 3.56. The van der Waals surface area contributed by atoms with Gasteiger partial charge in [0, 0.05) is 42.8 Å². The van der Waals surface area contributed by atoms with Crippen molar-refractivity contribution in [2.45, 2.75) is 39.5 Å². The first kappa shape index (κ1) is 22.2. The van der Waals surface area contributed by atoms with Crippen molar-refractivity contribution in [1.29, 1.82) is 0 Å². The Kier molecular flexibility index (Phi) is 5.06. The minimum absolute atomic E-state index is 0.0604. The van der Waals surface area contributed by atoms with Crippen molar-refractivity contribution in [3.05, 3.63) is 88.1 Å². The van der Waals surface area contributed by atoms with E-state index in [0.29, 0.717) is 33.3 Å². The fraction of sp³-hybridized carbons (Fsp3) is 0.259. The topological polar surface area (TPSA) is 58.4 Å². The van der Waals surface area contributed by atoms with E-state index in [1.54, 1.807) is 37.7 Å². The van der Waals surface area contributed by atoms with Crippen molar-refractivity contribution in [1.82, 2.24) is 14.7 Å². The molecule has 0 bridgehead atoms. The van der Waals surface area contributed by atoms with E-state index in [2.05, 4.69) is 5.10 Å². The molecule has 34 heavy (non-hydrogen) atoms. The molecule has 0 saturated carbocycles. The summed E-state index contributed by atoms with van der Waals surface area (Å²) in [4.78, 5) is 14.2. The molecule has 7 heteroatoms. The Labute approximate surface area is 196 Å². The van der Waals surface area contributed by atoms with Crippen LogP contribution in [0.1, 0.15) is 46.5 Å². The normalized spacial score (nSPS) is 13.7. The van der Waals surface area contributed by atoms with Crippen molar-refractivity contribution in [2.24, 2.45) is 7.05 Å². The Morgan fingerprint density at radius 1 is 1.12 bits per heavy atom. The maximum atomic E-state index is 15.4. The third-order valence-corrected chi connectivity index (χ3v) is 6.49. The second-order valence-electron chi connectivity index (χ2n) is 9.47. The highest BCUT2D eigenvalue weighted by atomic mass is 19.1. The van der Waals surface area contributed by atoms with Gasteiger partial charge in [0.2, 0.25) is 0 Å². The Morgan fingerprint density at radius 2 is 1.88 bits per heavy atom. The van der Waals surface area contributed by atoms with E-state index < -0.39 is 23.1 Å². The van der Waals surface area contributed by atoms with Gasteiger partial charge in [-0.25, -0.2) is 8.78 Å². The van der Waals surface area contributed by atoms with Crippen LogP contribution in [0.3, 0.4) is 0 Å². The Bertz CT molecular complexity index is 1440. The number of aliphatic hydroxyl groups is 1. The van der Waals surface area contributed by atoms with Gasteiger partial charge in [0.15, 0.2) is 0 Å². The molecular formula is C27H25F2N3O2. The first-order chi connectivity index (χ1) is 16.0. The van der Waals surface area contributed by atoms with E-state index in [4.69, 9.17) is 0 Å². The van der Waals surface area contributed by atoms with Crippen LogP contribution in [0.25, 0.3) is 22.0 Å². The van der Waals surface area contributed by atoms with E-state index in [1.165, 1.54) is 17.0 Å². The Balaban J connectivity index is 1.52. The van der Waals surface area contributed by atoms with Gasteiger partial charge < -0.3 is 10.0 Å². The zero-order valence-electron chi connectivity index (χ0n) is 19.5. The van der Waals surface area contributed by atoms with Gasteiger partial charge in [0.05, 0.1) is 16.7 Å². The minimum atomic E-state index is -1.07. The summed E-state index contributed by atoms with van der Waals surface area (Å²) >= 11 is 0. The largest absolute Gasteiger partial charge is 0.386 e. The number of hydrogen-bond donors (Lipinski definition) is 1. The average molecular weight is 462 g/mol. The summed E-state index contributed by atoms with van der Waals surface area (Å²) in [5, 5.41) is 15.9. The summed E-state index contributed by atoms with van der Waals surface area (Å²) in [6, 6.07) is 11.6. The highest BCUT2D eigenvalue weighted by molar-refractivity contribution is 5.99. The van der Waals surface area contributed by atoms with Gasteiger partial charge in [0.1, 0.15) is 11.6 Å². The fourth-order valence-electron chi connectivity index (χ4n) is 4.79. The van der Waals surface area contributed by atoms with Crippen molar-refractivity contribution in [3.8, 4) is 11.1 Å². The Hall–Kier alpha value is -3.58. The van der Waals surface area contributed by atoms with Crippen LogP contribution in [0.5, 0.6) is 0 Å². The summed E-state index contributed by atoms with van der Waals surface area (Å²) in [6.07, 6.45) is 1.86. The number of carbonyl (C=O) groups is 1. The van der Waals surface area contributed by atoms with Crippen LogP contribution in [-0.4, -0.2) is 25.7 Å². The molecule has 1 aliphatic heterocycles. The zero-order valence-corrected chi connectivity index (χ0v) is 19.5. The quantitative estimate of drug-likeness (QED) is 0.454. The molecule has 4 aromatic rings. The van der Waals surface area contributed by atoms with Crippen LogP contribution in [0.2, 0.25) is 0 Å². The van der Waals surface area contributed by atoms with Crippen LogP contribution >= 0.6 is 0 Å². The van der Waals surface area contributed by atoms with Gasteiger partial charge in [-0.3, -0.25) is 9.48 Å². The number of halogens is 2. The van der Waals surface area contributed by atoms with E-state index in [-0.39, 0.29) is 18.7 Å². The van der Waals surface area contributed by atoms with Crippen LogP contribution in [0.15, 0.2) is 48.7 Å². The molecular weight excluding hydrogens is 436 g/mol. The number of aryl methyl sites for hydroxylation is 2. The highest BCUT2D eigenvalue weighted by Crippen LogP contribution is 2.36. The number of amides is 1. The molecule has 0 spiro atoms. The van der Waals surface area contributed by atoms with Crippen LogP contribution in [0.4, 0.5) is 8.78 Å². The lowest BCUT2D eigenvalue weighted by atomic mass is 9.91. The lowest BCUT2D eigenvalue weighted by Crippen LogP contribution is -2.24. The summed E-state index contributed by atoms with van der Waals surface area (Å²) < 4.78 is 31.2. The SMILES string of the molecule is Cc1cc(-c2ccc(C(C)(C)O)c3nn(C)cc23)cc(F)c1CN1Cc2cccc(F)c2C1=O. The highest BCUT2D eigenvalue weighted by Gasteiger charge is 2.31. The molecule has 0 saturated heterocycles. The predicted molar refractivity (Wildman–Crippen MR) is 126 cm³/mol. The van der Waals surface area contributed by atoms with Crippen LogP contribution in [0, 0.1) is 18.6 Å². The third kappa shape index (κ3) is 3.56. The number of hydrogen-bond acceptors (Lipinski definition) is 3. The monoisotopic (exact) mass is 461 g/mol. The van der Waals surface area contributed by atoms with E-state index in [9.17, 15) is 14.3 Å². The number of nitrogens with zero attached hydrogens (tertiary/aromatic N) is 3. The van der Waals surface area contributed by atoms with Crippen molar-refractivity contribution in [3.63, 3.8) is 0 Å². The summed E-state index contributed by atoms with van der Waals surface area (Å²) in [7, 11) is 1.81. The molecule has 0 radical (unpaired) electrons. The van der Waals surface area contributed by atoms with Gasteiger partial charge in [-0.15, -0.1) is 0 Å². The standard InChI is InChI=1S/C27H25F2N3O2/c1-15-10-17(18-8-9-21(27(2,3)34)25-20(18)13-31(4)30-25)11-23(29)19(15)14-32-12-16-6-5-7-22(28)24(16)26(32)33/h5-11,13,34H,12,14H2,1-4H3. The average Bonchev–Trinajstić information content (AvgIpc) is 3.29. The van der Waals surface area contributed by atoms with Crippen LogP contribution < -0.4 is 0 Å². The zero-order chi connectivity index (χ0) is 24.4. The lowest BCUT2D eigenvalue weighted by Gasteiger charge is -2.20. The van der Waals surface area contributed by atoms with Gasteiger partial charge in [-0.2, -0.15) is 5.10 Å². The maximum absolute atomic E-state index is 15.4. The molecule has 0 atom stereocenters. The van der Waals surface area contributed by atoms with Crippen LogP contribution in [-0.2, 0) is 25.7 Å². The first-order valence-corrected chi connectivity index (χ1v) is 11.1. The number of fused-ring (bicyclic) bond motifs is 2. The van der Waals surface area contributed by atoms with Gasteiger partial charge in [-0.05, 0) is 55.2 Å². The van der Waals surface area contributed by atoms with Crippen molar-refractivity contribution >= 4 is 16.8 Å². The molecule has 3 aromatic carbocycles. The number of aromatic nitrogens is 2. The minimum Gasteiger partial charge on any atom is -0.386 e. The fourth-order valence-corrected chi connectivity index (χ4v) is 4.79. The second-order valence-corrected chi connectivity index (χ2v) is 9.47. The molecule has 0 aliphatic carbocycles. The second kappa shape index (κ2) is 7.74. The van der Waals surface area contributed by atoms with Gasteiger partial charge in [-0.1, -0.05) is 30.3 Å². The van der Waals surface area contributed by atoms with Gasteiger partial charge >= 0.3 is 0 Å².